The van der Waals surface area contributed by atoms with Crippen LogP contribution < -0.4 is 10.1 Å². The van der Waals surface area contributed by atoms with Gasteiger partial charge in [-0.05, 0) is 58.2 Å². The van der Waals surface area contributed by atoms with Gasteiger partial charge in [-0.1, -0.05) is 6.07 Å². The van der Waals surface area contributed by atoms with Crippen LogP contribution in [0.2, 0.25) is 0 Å². The van der Waals surface area contributed by atoms with Crippen LogP contribution >= 0.6 is 0 Å². The van der Waals surface area contributed by atoms with E-state index in [1.807, 2.05) is 6.07 Å². The van der Waals surface area contributed by atoms with Gasteiger partial charge in [0.05, 0.1) is 12.2 Å². The topological polar surface area (TPSA) is 30.5 Å². The lowest BCUT2D eigenvalue weighted by atomic mass is 10.1. The summed E-state index contributed by atoms with van der Waals surface area (Å²) in [5.74, 6) is -0.00748. The van der Waals surface area contributed by atoms with Gasteiger partial charge in [-0.25, -0.2) is 4.39 Å². The van der Waals surface area contributed by atoms with Gasteiger partial charge in [0.15, 0.2) is 11.6 Å². The Labute approximate surface area is 126 Å². The Hall–Kier alpha value is -1.13. The standard InChI is InChI=1S/C17H26FNO2/c1-12-5-7-14(21-12)11-20-16-8-6-13(9-15(16)18)10-19-17(2,3)4/h6,8-9,12,14,19H,5,7,10-11H2,1-4H3. The molecule has 1 N–H and O–H groups in total. The molecule has 1 aromatic carbocycles. The Morgan fingerprint density at radius 3 is 2.67 bits per heavy atom. The molecule has 0 bridgehead atoms. The number of rotatable bonds is 5. The summed E-state index contributed by atoms with van der Waals surface area (Å²) in [6, 6.07) is 5.13. The average molecular weight is 295 g/mol. The number of benzene rings is 1. The van der Waals surface area contributed by atoms with E-state index in [0.29, 0.717) is 18.9 Å². The normalized spacial score (nSPS) is 22.5. The molecule has 1 saturated heterocycles. The summed E-state index contributed by atoms with van der Waals surface area (Å²) in [6.07, 6.45) is 2.40. The fourth-order valence-electron chi connectivity index (χ4n) is 2.33. The minimum atomic E-state index is -0.311. The van der Waals surface area contributed by atoms with Crippen LogP contribution in [0.15, 0.2) is 18.2 Å². The zero-order chi connectivity index (χ0) is 15.5. The average Bonchev–Trinajstić information content (AvgIpc) is 2.80. The number of hydrogen-bond acceptors (Lipinski definition) is 3. The molecule has 1 aliphatic heterocycles. The van der Waals surface area contributed by atoms with Crippen molar-refractivity contribution in [3.8, 4) is 5.75 Å². The third-order valence-corrected chi connectivity index (χ3v) is 3.56. The van der Waals surface area contributed by atoms with Crippen molar-refractivity contribution in [2.45, 2.75) is 64.8 Å². The Morgan fingerprint density at radius 2 is 2.10 bits per heavy atom. The molecule has 3 nitrogen and oxygen atoms in total. The van der Waals surface area contributed by atoms with Gasteiger partial charge in [-0.3, -0.25) is 0 Å². The van der Waals surface area contributed by atoms with Crippen LogP contribution in [0, 0.1) is 5.82 Å². The first-order chi connectivity index (χ1) is 9.83. The summed E-state index contributed by atoms with van der Waals surface area (Å²) in [7, 11) is 0. The molecule has 0 saturated carbocycles. The van der Waals surface area contributed by atoms with Crippen LogP contribution in [0.1, 0.15) is 46.1 Å². The summed E-state index contributed by atoms with van der Waals surface area (Å²) >= 11 is 0. The Morgan fingerprint density at radius 1 is 1.33 bits per heavy atom. The molecule has 1 aliphatic rings. The van der Waals surface area contributed by atoms with Crippen molar-refractivity contribution < 1.29 is 13.9 Å². The molecule has 0 aromatic heterocycles. The van der Waals surface area contributed by atoms with Crippen molar-refractivity contribution in [3.05, 3.63) is 29.6 Å². The van der Waals surface area contributed by atoms with Crippen molar-refractivity contribution in [3.63, 3.8) is 0 Å². The third kappa shape index (κ3) is 5.29. The van der Waals surface area contributed by atoms with Gasteiger partial charge in [0.1, 0.15) is 6.61 Å². The molecule has 2 rings (SSSR count). The fourth-order valence-corrected chi connectivity index (χ4v) is 2.33. The van der Waals surface area contributed by atoms with E-state index >= 15 is 0 Å². The summed E-state index contributed by atoms with van der Waals surface area (Å²) in [5, 5.41) is 3.34. The van der Waals surface area contributed by atoms with Crippen LogP contribution in [0.25, 0.3) is 0 Å². The van der Waals surface area contributed by atoms with E-state index in [0.717, 1.165) is 18.4 Å². The van der Waals surface area contributed by atoms with Crippen LogP contribution in [-0.2, 0) is 11.3 Å². The Bertz CT molecular complexity index is 470. The molecule has 4 heteroatoms. The number of hydrogen-bond donors (Lipinski definition) is 1. The zero-order valence-electron chi connectivity index (χ0n) is 13.4. The number of ether oxygens (including phenoxy) is 2. The molecular weight excluding hydrogens is 269 g/mol. The van der Waals surface area contributed by atoms with Gasteiger partial charge < -0.3 is 14.8 Å². The predicted octanol–water partition coefficient (Wildman–Crippen LogP) is 3.66. The molecule has 21 heavy (non-hydrogen) atoms. The highest BCUT2D eigenvalue weighted by Gasteiger charge is 2.22. The second-order valence-electron chi connectivity index (χ2n) is 6.83. The Kier molecular flexibility index (Phi) is 5.22. The van der Waals surface area contributed by atoms with Gasteiger partial charge in [-0.2, -0.15) is 0 Å². The second kappa shape index (κ2) is 6.75. The molecule has 0 spiro atoms. The highest BCUT2D eigenvalue weighted by Crippen LogP contribution is 2.23. The Balaban J connectivity index is 1.87. The minimum Gasteiger partial charge on any atom is -0.488 e. The molecule has 0 amide bonds. The van der Waals surface area contributed by atoms with E-state index in [1.54, 1.807) is 6.07 Å². The summed E-state index contributed by atoms with van der Waals surface area (Å²) in [6.45, 7) is 9.37. The molecule has 118 valence electrons. The largest absolute Gasteiger partial charge is 0.488 e. The van der Waals surface area contributed by atoms with Crippen molar-refractivity contribution in [1.82, 2.24) is 5.32 Å². The maximum atomic E-state index is 14.0. The number of halogens is 1. The monoisotopic (exact) mass is 295 g/mol. The van der Waals surface area contributed by atoms with Crippen LogP contribution in [-0.4, -0.2) is 24.4 Å². The molecule has 0 aliphatic carbocycles. The van der Waals surface area contributed by atoms with Crippen molar-refractivity contribution in [1.29, 1.82) is 0 Å². The highest BCUT2D eigenvalue weighted by molar-refractivity contribution is 5.29. The lowest BCUT2D eigenvalue weighted by molar-refractivity contribution is 0.0256. The van der Waals surface area contributed by atoms with Crippen LogP contribution in [0.5, 0.6) is 5.75 Å². The zero-order valence-corrected chi connectivity index (χ0v) is 13.4. The molecule has 2 atom stereocenters. The summed E-state index contributed by atoms with van der Waals surface area (Å²) < 4.78 is 25.2. The van der Waals surface area contributed by atoms with Gasteiger partial charge in [0.25, 0.3) is 0 Å². The van der Waals surface area contributed by atoms with E-state index in [9.17, 15) is 4.39 Å². The van der Waals surface area contributed by atoms with E-state index in [-0.39, 0.29) is 23.6 Å². The second-order valence-corrected chi connectivity index (χ2v) is 6.83. The summed E-state index contributed by atoms with van der Waals surface area (Å²) in [4.78, 5) is 0. The van der Waals surface area contributed by atoms with Gasteiger partial charge >= 0.3 is 0 Å². The van der Waals surface area contributed by atoms with Crippen molar-refractivity contribution in [2.24, 2.45) is 0 Å². The van der Waals surface area contributed by atoms with E-state index in [2.05, 4.69) is 33.0 Å². The maximum absolute atomic E-state index is 14.0. The molecular formula is C17H26FNO2. The van der Waals surface area contributed by atoms with Crippen LogP contribution in [0.3, 0.4) is 0 Å². The smallest absolute Gasteiger partial charge is 0.165 e. The fraction of sp³-hybridized carbons (Fsp3) is 0.647. The molecule has 2 unspecified atom stereocenters. The minimum absolute atomic E-state index is 0.0160. The lowest BCUT2D eigenvalue weighted by Gasteiger charge is -2.20. The summed E-state index contributed by atoms with van der Waals surface area (Å²) in [5.41, 5.74) is 0.933. The van der Waals surface area contributed by atoms with E-state index < -0.39 is 0 Å². The molecule has 1 fully saturated rings. The van der Waals surface area contributed by atoms with Crippen molar-refractivity contribution >= 4 is 0 Å². The SMILES string of the molecule is CC1CCC(COc2ccc(CNC(C)(C)C)cc2F)O1. The van der Waals surface area contributed by atoms with Gasteiger partial charge in [0, 0.05) is 12.1 Å². The maximum Gasteiger partial charge on any atom is 0.165 e. The first-order valence-electron chi connectivity index (χ1n) is 7.65. The molecule has 0 radical (unpaired) electrons. The van der Waals surface area contributed by atoms with E-state index in [1.165, 1.54) is 6.07 Å². The quantitative estimate of drug-likeness (QED) is 0.899. The van der Waals surface area contributed by atoms with Crippen LogP contribution in [0.4, 0.5) is 4.39 Å². The van der Waals surface area contributed by atoms with Crippen molar-refractivity contribution in [2.75, 3.05) is 6.61 Å². The first kappa shape index (κ1) is 16.2. The number of nitrogens with one attached hydrogen (secondary N) is 1. The van der Waals surface area contributed by atoms with Gasteiger partial charge in [-0.15, -0.1) is 0 Å². The highest BCUT2D eigenvalue weighted by atomic mass is 19.1. The molecule has 1 heterocycles. The molecule has 1 aromatic rings. The lowest BCUT2D eigenvalue weighted by Crippen LogP contribution is -2.35. The third-order valence-electron chi connectivity index (χ3n) is 3.56. The van der Waals surface area contributed by atoms with E-state index in [4.69, 9.17) is 9.47 Å². The first-order valence-corrected chi connectivity index (χ1v) is 7.65. The predicted molar refractivity (Wildman–Crippen MR) is 82.1 cm³/mol. The van der Waals surface area contributed by atoms with Gasteiger partial charge in [0.2, 0.25) is 0 Å².